The zero-order chi connectivity index (χ0) is 12.8. The second-order valence-corrected chi connectivity index (χ2v) is 5.34. The summed E-state index contributed by atoms with van der Waals surface area (Å²) >= 11 is 6.63. The van der Waals surface area contributed by atoms with Gasteiger partial charge in [0.2, 0.25) is 0 Å². The van der Waals surface area contributed by atoms with Gasteiger partial charge in [-0.25, -0.2) is 4.79 Å². The Hall–Kier alpha value is -0.550. The van der Waals surface area contributed by atoms with Gasteiger partial charge >= 0.3 is 5.97 Å². The monoisotopic (exact) mass is 364 g/mol. The molecule has 3 nitrogen and oxygen atoms in total. The van der Waals surface area contributed by atoms with Crippen LogP contribution in [0.4, 0.5) is 0 Å². The molecule has 0 fully saturated rings. The largest absolute Gasteiger partial charge is 0.491 e. The minimum atomic E-state index is -0.955. The lowest BCUT2D eigenvalue weighted by molar-refractivity contribution is 0.0696. The van der Waals surface area contributed by atoms with Gasteiger partial charge in [0.15, 0.2) is 0 Å². The van der Waals surface area contributed by atoms with E-state index in [-0.39, 0.29) is 5.56 Å². The van der Waals surface area contributed by atoms with Gasteiger partial charge in [-0.3, -0.25) is 0 Å². The molecule has 0 heterocycles. The molecule has 1 aromatic carbocycles. The van der Waals surface area contributed by atoms with Gasteiger partial charge in [-0.1, -0.05) is 19.8 Å². The highest BCUT2D eigenvalue weighted by molar-refractivity contribution is 9.11. The first-order chi connectivity index (χ1) is 8.06. The van der Waals surface area contributed by atoms with E-state index >= 15 is 0 Å². The van der Waals surface area contributed by atoms with Gasteiger partial charge < -0.3 is 9.84 Å². The average molecular weight is 366 g/mol. The SMILES string of the molecule is CCCCCOc1c(Br)cc(C(=O)O)cc1Br. The summed E-state index contributed by atoms with van der Waals surface area (Å²) in [6, 6.07) is 3.09. The number of aromatic carboxylic acids is 1. The van der Waals surface area contributed by atoms with Crippen LogP contribution in [0, 0.1) is 0 Å². The molecule has 0 bridgehead atoms. The van der Waals surface area contributed by atoms with Gasteiger partial charge in [-0.2, -0.15) is 0 Å². The fraction of sp³-hybridized carbons (Fsp3) is 0.417. The summed E-state index contributed by atoms with van der Waals surface area (Å²) in [5.41, 5.74) is 0.227. The predicted molar refractivity (Wildman–Crippen MR) is 73.8 cm³/mol. The highest BCUT2D eigenvalue weighted by Crippen LogP contribution is 2.34. The lowest BCUT2D eigenvalue weighted by atomic mass is 10.2. The van der Waals surface area contributed by atoms with Gasteiger partial charge in [0, 0.05) is 0 Å². The van der Waals surface area contributed by atoms with Crippen molar-refractivity contribution in [2.45, 2.75) is 26.2 Å². The Morgan fingerprint density at radius 2 is 1.88 bits per heavy atom. The van der Waals surface area contributed by atoms with Crippen LogP contribution < -0.4 is 4.74 Å². The van der Waals surface area contributed by atoms with Gasteiger partial charge in [0.1, 0.15) is 5.75 Å². The first-order valence-corrected chi connectivity index (χ1v) is 7.00. The molecule has 1 aromatic rings. The van der Waals surface area contributed by atoms with Crippen LogP contribution in [0.3, 0.4) is 0 Å². The Labute approximate surface area is 117 Å². The van der Waals surface area contributed by atoms with E-state index < -0.39 is 5.97 Å². The molecule has 0 saturated heterocycles. The molecule has 0 aliphatic heterocycles. The molecule has 0 atom stereocenters. The standard InChI is InChI=1S/C12H14Br2O3/c1-2-3-4-5-17-11-9(13)6-8(12(15)16)7-10(11)14/h6-7H,2-5H2,1H3,(H,15,16). The first-order valence-electron chi connectivity index (χ1n) is 5.41. The van der Waals surface area contributed by atoms with Crippen LogP contribution in [0.1, 0.15) is 36.5 Å². The topological polar surface area (TPSA) is 46.5 Å². The zero-order valence-electron chi connectivity index (χ0n) is 9.50. The Morgan fingerprint density at radius 3 is 2.35 bits per heavy atom. The smallest absolute Gasteiger partial charge is 0.335 e. The van der Waals surface area contributed by atoms with Crippen molar-refractivity contribution >= 4 is 37.8 Å². The summed E-state index contributed by atoms with van der Waals surface area (Å²) in [5, 5.41) is 8.89. The number of unbranched alkanes of at least 4 members (excludes halogenated alkanes) is 2. The molecule has 0 radical (unpaired) electrons. The molecule has 94 valence electrons. The lowest BCUT2D eigenvalue weighted by Crippen LogP contribution is -2.01. The minimum Gasteiger partial charge on any atom is -0.491 e. The van der Waals surface area contributed by atoms with Gasteiger partial charge in [-0.15, -0.1) is 0 Å². The molecule has 0 aliphatic rings. The third-order valence-electron chi connectivity index (χ3n) is 2.24. The quantitative estimate of drug-likeness (QED) is 0.756. The van der Waals surface area contributed by atoms with E-state index in [1.807, 2.05) is 0 Å². The maximum atomic E-state index is 10.8. The first kappa shape index (κ1) is 14.5. The Bertz CT molecular complexity index is 382. The molecule has 0 aliphatic carbocycles. The Balaban J connectivity index is 2.76. The van der Waals surface area contributed by atoms with Crippen molar-refractivity contribution in [3.8, 4) is 5.75 Å². The molecular weight excluding hydrogens is 352 g/mol. The van der Waals surface area contributed by atoms with Crippen LogP contribution in [-0.2, 0) is 0 Å². The summed E-state index contributed by atoms with van der Waals surface area (Å²) in [7, 11) is 0. The number of hydrogen-bond donors (Lipinski definition) is 1. The number of carbonyl (C=O) groups is 1. The minimum absolute atomic E-state index is 0.227. The zero-order valence-corrected chi connectivity index (χ0v) is 12.7. The number of carboxylic acid groups (broad SMARTS) is 1. The summed E-state index contributed by atoms with van der Waals surface area (Å²) < 4.78 is 6.92. The number of halogens is 2. The van der Waals surface area contributed by atoms with E-state index in [4.69, 9.17) is 9.84 Å². The fourth-order valence-electron chi connectivity index (χ4n) is 1.35. The normalized spacial score (nSPS) is 10.3. The van der Waals surface area contributed by atoms with E-state index in [0.29, 0.717) is 21.3 Å². The molecule has 0 unspecified atom stereocenters. The summed E-state index contributed by atoms with van der Waals surface area (Å²) in [4.78, 5) is 10.8. The number of carboxylic acids is 1. The number of hydrogen-bond acceptors (Lipinski definition) is 2. The van der Waals surface area contributed by atoms with Crippen LogP contribution in [0.25, 0.3) is 0 Å². The maximum Gasteiger partial charge on any atom is 0.335 e. The second-order valence-electron chi connectivity index (χ2n) is 3.63. The predicted octanol–water partition coefficient (Wildman–Crippen LogP) is 4.48. The molecule has 0 spiro atoms. The van der Waals surface area contributed by atoms with Crippen LogP contribution in [0.15, 0.2) is 21.1 Å². The fourth-order valence-corrected chi connectivity index (χ4v) is 2.76. The van der Waals surface area contributed by atoms with Gasteiger partial charge in [-0.05, 0) is 50.4 Å². The highest BCUT2D eigenvalue weighted by atomic mass is 79.9. The van der Waals surface area contributed by atoms with Crippen LogP contribution in [0.5, 0.6) is 5.75 Å². The molecule has 0 aromatic heterocycles. The van der Waals surface area contributed by atoms with E-state index in [2.05, 4.69) is 38.8 Å². The molecule has 5 heteroatoms. The van der Waals surface area contributed by atoms with Crippen LogP contribution >= 0.6 is 31.9 Å². The third kappa shape index (κ3) is 4.32. The van der Waals surface area contributed by atoms with Crippen molar-refractivity contribution in [1.29, 1.82) is 0 Å². The molecule has 1 N–H and O–H groups in total. The average Bonchev–Trinajstić information content (AvgIpc) is 2.26. The van der Waals surface area contributed by atoms with Gasteiger partial charge in [0.25, 0.3) is 0 Å². The molecule has 17 heavy (non-hydrogen) atoms. The van der Waals surface area contributed by atoms with E-state index in [9.17, 15) is 4.79 Å². The van der Waals surface area contributed by atoms with E-state index in [1.165, 1.54) is 0 Å². The van der Waals surface area contributed by atoms with Crippen molar-refractivity contribution in [3.63, 3.8) is 0 Å². The van der Waals surface area contributed by atoms with Crippen LogP contribution in [0.2, 0.25) is 0 Å². The Kier molecular flexibility index (Phi) is 5.98. The lowest BCUT2D eigenvalue weighted by Gasteiger charge is -2.10. The number of benzene rings is 1. The summed E-state index contributed by atoms with van der Waals surface area (Å²) in [5.74, 6) is -0.296. The Morgan fingerprint density at radius 1 is 1.29 bits per heavy atom. The van der Waals surface area contributed by atoms with E-state index in [0.717, 1.165) is 19.3 Å². The molecule has 0 amide bonds. The van der Waals surface area contributed by atoms with E-state index in [1.54, 1.807) is 12.1 Å². The van der Waals surface area contributed by atoms with Crippen molar-refractivity contribution in [2.75, 3.05) is 6.61 Å². The highest BCUT2D eigenvalue weighted by Gasteiger charge is 2.12. The number of rotatable bonds is 6. The second kappa shape index (κ2) is 7.01. The molecule has 1 rings (SSSR count). The van der Waals surface area contributed by atoms with Crippen molar-refractivity contribution in [3.05, 3.63) is 26.6 Å². The summed E-state index contributed by atoms with van der Waals surface area (Å²) in [6.45, 7) is 2.77. The van der Waals surface area contributed by atoms with Crippen molar-refractivity contribution in [1.82, 2.24) is 0 Å². The maximum absolute atomic E-state index is 10.8. The third-order valence-corrected chi connectivity index (χ3v) is 3.42. The van der Waals surface area contributed by atoms with Gasteiger partial charge in [0.05, 0.1) is 21.1 Å². The summed E-state index contributed by atoms with van der Waals surface area (Å²) in [6.07, 6.45) is 3.27. The van der Waals surface area contributed by atoms with Crippen molar-refractivity contribution < 1.29 is 14.6 Å². The van der Waals surface area contributed by atoms with Crippen molar-refractivity contribution in [2.24, 2.45) is 0 Å². The molecular formula is C12H14Br2O3. The number of ether oxygens (including phenoxy) is 1. The molecule has 0 saturated carbocycles. The van der Waals surface area contributed by atoms with Crippen LogP contribution in [-0.4, -0.2) is 17.7 Å².